The smallest absolute Gasteiger partial charge is 0.325 e. The number of esters is 1. The van der Waals surface area contributed by atoms with E-state index in [-0.39, 0.29) is 19.1 Å². The van der Waals surface area contributed by atoms with Crippen molar-refractivity contribution in [1.82, 2.24) is 10.2 Å². The molecular formula is C19H28N2O5. The second-order valence-electron chi connectivity index (χ2n) is 5.64. The van der Waals surface area contributed by atoms with Crippen molar-refractivity contribution < 1.29 is 23.9 Å². The van der Waals surface area contributed by atoms with Gasteiger partial charge in [0, 0.05) is 18.7 Å². The number of nitrogens with one attached hydrogen (secondary N) is 1. The zero-order valence-corrected chi connectivity index (χ0v) is 15.7. The fraction of sp³-hybridized carbons (Fsp3) is 0.526. The van der Waals surface area contributed by atoms with Crippen molar-refractivity contribution >= 4 is 17.8 Å². The molecule has 0 spiro atoms. The number of likely N-dealkylation sites (N-methyl/N-ethyl adjacent to an activating group) is 1. The first kappa shape index (κ1) is 21.5. The molecule has 0 saturated heterocycles. The van der Waals surface area contributed by atoms with Crippen LogP contribution in [0, 0.1) is 0 Å². The Morgan fingerprint density at radius 2 is 1.69 bits per heavy atom. The van der Waals surface area contributed by atoms with Gasteiger partial charge in [0.05, 0.1) is 6.61 Å². The lowest BCUT2D eigenvalue weighted by atomic mass is 10.2. The maximum absolute atomic E-state index is 12.0. The summed E-state index contributed by atoms with van der Waals surface area (Å²) in [7, 11) is 0. The van der Waals surface area contributed by atoms with Crippen LogP contribution in [0.15, 0.2) is 24.3 Å². The Labute approximate surface area is 154 Å². The van der Waals surface area contributed by atoms with E-state index in [0.29, 0.717) is 31.0 Å². The highest BCUT2D eigenvalue weighted by molar-refractivity contribution is 5.96. The predicted molar refractivity (Wildman–Crippen MR) is 98.1 cm³/mol. The first-order valence-electron chi connectivity index (χ1n) is 8.96. The molecule has 7 heteroatoms. The molecule has 0 atom stereocenters. The van der Waals surface area contributed by atoms with E-state index in [2.05, 4.69) is 12.2 Å². The summed E-state index contributed by atoms with van der Waals surface area (Å²) >= 11 is 0. The average molecular weight is 364 g/mol. The Kier molecular flexibility index (Phi) is 9.82. The lowest BCUT2D eigenvalue weighted by Gasteiger charge is -2.18. The number of carbonyl (C=O) groups excluding carboxylic acids is 3. The van der Waals surface area contributed by atoms with Crippen LogP contribution >= 0.6 is 0 Å². The first-order valence-corrected chi connectivity index (χ1v) is 8.96. The first-order chi connectivity index (χ1) is 12.5. The molecule has 0 aliphatic heterocycles. The molecule has 1 aromatic carbocycles. The number of carbonyl (C=O) groups is 3. The molecular weight excluding hydrogens is 336 g/mol. The Bertz CT molecular complexity index is 582. The zero-order valence-electron chi connectivity index (χ0n) is 15.7. The quantitative estimate of drug-likeness (QED) is 0.480. The van der Waals surface area contributed by atoms with Gasteiger partial charge in [0.15, 0.2) is 6.61 Å². The summed E-state index contributed by atoms with van der Waals surface area (Å²) in [5, 5.41) is 2.47. The van der Waals surface area contributed by atoms with Crippen LogP contribution in [0.1, 0.15) is 44.0 Å². The Balaban J connectivity index is 2.36. The molecule has 0 unspecified atom stereocenters. The lowest BCUT2D eigenvalue weighted by Crippen LogP contribution is -2.36. The molecule has 0 fully saturated rings. The molecule has 26 heavy (non-hydrogen) atoms. The molecule has 144 valence electrons. The third-order valence-electron chi connectivity index (χ3n) is 3.75. The summed E-state index contributed by atoms with van der Waals surface area (Å²) in [6, 6.07) is 6.69. The van der Waals surface area contributed by atoms with Gasteiger partial charge in [-0.05, 0) is 44.5 Å². The van der Waals surface area contributed by atoms with E-state index in [0.717, 1.165) is 12.8 Å². The van der Waals surface area contributed by atoms with Crippen molar-refractivity contribution in [1.29, 1.82) is 0 Å². The van der Waals surface area contributed by atoms with Gasteiger partial charge in [-0.2, -0.15) is 0 Å². The predicted octanol–water partition coefficient (Wildman–Crippen LogP) is 2.01. The van der Waals surface area contributed by atoms with Crippen LogP contribution in [0.2, 0.25) is 0 Å². The number of benzene rings is 1. The van der Waals surface area contributed by atoms with Crippen molar-refractivity contribution in [3.63, 3.8) is 0 Å². The number of nitrogens with zero attached hydrogens (tertiary/aromatic N) is 1. The number of rotatable bonds is 11. The summed E-state index contributed by atoms with van der Waals surface area (Å²) in [5.41, 5.74) is 0.417. The van der Waals surface area contributed by atoms with Crippen LogP contribution < -0.4 is 10.1 Å². The van der Waals surface area contributed by atoms with Crippen LogP contribution in [-0.2, 0) is 14.3 Å². The van der Waals surface area contributed by atoms with Crippen LogP contribution in [0.3, 0.4) is 0 Å². The van der Waals surface area contributed by atoms with Gasteiger partial charge in [0.2, 0.25) is 0 Å². The average Bonchev–Trinajstić information content (AvgIpc) is 2.66. The molecule has 1 rings (SSSR count). The Morgan fingerprint density at radius 3 is 2.27 bits per heavy atom. The molecule has 0 heterocycles. The molecule has 2 amide bonds. The van der Waals surface area contributed by atoms with E-state index in [1.165, 1.54) is 0 Å². The summed E-state index contributed by atoms with van der Waals surface area (Å²) < 4.78 is 10.4. The standard InChI is InChI=1S/C19H28N2O5/c1-4-7-12-25-16-10-8-15(9-11-16)19(24)20-13-18(23)26-14-17(22)21(5-2)6-3/h8-11H,4-7,12-14H2,1-3H3,(H,20,24). The van der Waals surface area contributed by atoms with Gasteiger partial charge < -0.3 is 19.7 Å². The number of ether oxygens (including phenoxy) is 2. The minimum Gasteiger partial charge on any atom is -0.494 e. The summed E-state index contributed by atoms with van der Waals surface area (Å²) in [6.45, 7) is 6.93. The second kappa shape index (κ2) is 11.9. The van der Waals surface area contributed by atoms with Gasteiger partial charge in [-0.1, -0.05) is 13.3 Å². The van der Waals surface area contributed by atoms with E-state index in [4.69, 9.17) is 9.47 Å². The molecule has 1 N–H and O–H groups in total. The molecule has 0 saturated carbocycles. The third kappa shape index (κ3) is 7.55. The minimum absolute atomic E-state index is 0.256. The van der Waals surface area contributed by atoms with Crippen molar-refractivity contribution in [2.45, 2.75) is 33.6 Å². The Hall–Kier alpha value is -2.57. The van der Waals surface area contributed by atoms with Crippen molar-refractivity contribution in [2.24, 2.45) is 0 Å². The van der Waals surface area contributed by atoms with E-state index < -0.39 is 11.9 Å². The van der Waals surface area contributed by atoms with Gasteiger partial charge in [0.1, 0.15) is 12.3 Å². The van der Waals surface area contributed by atoms with Gasteiger partial charge in [-0.15, -0.1) is 0 Å². The van der Waals surface area contributed by atoms with E-state index in [1.807, 2.05) is 13.8 Å². The minimum atomic E-state index is -0.654. The fourth-order valence-corrected chi connectivity index (χ4v) is 2.15. The summed E-state index contributed by atoms with van der Waals surface area (Å²) in [6.07, 6.45) is 2.03. The van der Waals surface area contributed by atoms with Gasteiger partial charge in [0.25, 0.3) is 11.8 Å². The molecule has 0 radical (unpaired) electrons. The van der Waals surface area contributed by atoms with Gasteiger partial charge in [-0.3, -0.25) is 14.4 Å². The molecule has 0 bridgehead atoms. The second-order valence-corrected chi connectivity index (χ2v) is 5.64. The monoisotopic (exact) mass is 364 g/mol. The number of hydrogen-bond acceptors (Lipinski definition) is 5. The highest BCUT2D eigenvalue weighted by Crippen LogP contribution is 2.12. The zero-order chi connectivity index (χ0) is 19.4. The van der Waals surface area contributed by atoms with E-state index >= 15 is 0 Å². The van der Waals surface area contributed by atoms with Crippen molar-refractivity contribution in [3.8, 4) is 5.75 Å². The number of hydrogen-bond donors (Lipinski definition) is 1. The normalized spacial score (nSPS) is 10.1. The highest BCUT2D eigenvalue weighted by atomic mass is 16.5. The third-order valence-corrected chi connectivity index (χ3v) is 3.75. The number of amides is 2. The summed E-state index contributed by atoms with van der Waals surface area (Å²) in [5.74, 6) is -0.604. The SMILES string of the molecule is CCCCOc1ccc(C(=O)NCC(=O)OCC(=O)N(CC)CC)cc1. The van der Waals surface area contributed by atoms with Crippen LogP contribution in [0.5, 0.6) is 5.75 Å². The fourth-order valence-electron chi connectivity index (χ4n) is 2.15. The van der Waals surface area contributed by atoms with Crippen LogP contribution in [0.25, 0.3) is 0 Å². The highest BCUT2D eigenvalue weighted by Gasteiger charge is 2.14. The molecule has 1 aromatic rings. The topological polar surface area (TPSA) is 84.9 Å². The molecule has 0 aliphatic rings. The maximum atomic E-state index is 12.0. The molecule has 7 nitrogen and oxygen atoms in total. The van der Waals surface area contributed by atoms with E-state index in [9.17, 15) is 14.4 Å². The molecule has 0 aromatic heterocycles. The molecule has 0 aliphatic carbocycles. The lowest BCUT2D eigenvalue weighted by molar-refractivity contribution is -0.151. The van der Waals surface area contributed by atoms with Gasteiger partial charge in [-0.25, -0.2) is 0 Å². The largest absolute Gasteiger partial charge is 0.494 e. The van der Waals surface area contributed by atoms with Crippen LogP contribution in [0.4, 0.5) is 0 Å². The van der Waals surface area contributed by atoms with Crippen molar-refractivity contribution in [2.75, 3.05) is 32.8 Å². The Morgan fingerprint density at radius 1 is 1.04 bits per heavy atom. The van der Waals surface area contributed by atoms with Crippen LogP contribution in [-0.4, -0.2) is 55.5 Å². The van der Waals surface area contributed by atoms with E-state index in [1.54, 1.807) is 29.2 Å². The maximum Gasteiger partial charge on any atom is 0.325 e. The summed E-state index contributed by atoms with van der Waals surface area (Å²) in [4.78, 5) is 37.0. The van der Waals surface area contributed by atoms with Crippen molar-refractivity contribution in [3.05, 3.63) is 29.8 Å². The number of unbranched alkanes of at least 4 members (excludes halogenated alkanes) is 1. The van der Waals surface area contributed by atoms with Gasteiger partial charge >= 0.3 is 5.97 Å².